The van der Waals surface area contributed by atoms with Gasteiger partial charge in [0.2, 0.25) is 0 Å². The molecule has 0 bridgehead atoms. The molecule has 1 aliphatic heterocycles. The second-order valence-corrected chi connectivity index (χ2v) is 8.04. The number of benzene rings is 2. The molecule has 0 N–H and O–H groups in total. The first kappa shape index (κ1) is 21.2. The van der Waals surface area contributed by atoms with Crippen molar-refractivity contribution in [3.8, 4) is 5.75 Å². The standard InChI is InChI=1S/C23H27ClN2O3/c1-16(2)18-6-10-21(11-7-18)29-17(3)22(27)25-12-14-26(15-13-25)23(28)19-4-8-20(24)9-5-19/h4-11,16-17H,12-15H2,1-3H3. The average Bonchev–Trinajstić information content (AvgIpc) is 2.73. The van der Waals surface area contributed by atoms with Crippen LogP contribution < -0.4 is 4.74 Å². The molecule has 0 radical (unpaired) electrons. The van der Waals surface area contributed by atoms with Gasteiger partial charge in [-0.2, -0.15) is 0 Å². The van der Waals surface area contributed by atoms with Crippen molar-refractivity contribution in [1.82, 2.24) is 9.80 Å². The molecule has 29 heavy (non-hydrogen) atoms. The van der Waals surface area contributed by atoms with Gasteiger partial charge in [0.05, 0.1) is 0 Å². The highest BCUT2D eigenvalue weighted by molar-refractivity contribution is 6.30. The Hall–Kier alpha value is -2.53. The number of hydrogen-bond donors (Lipinski definition) is 0. The van der Waals surface area contributed by atoms with Gasteiger partial charge in [-0.3, -0.25) is 9.59 Å². The minimum atomic E-state index is -0.571. The van der Waals surface area contributed by atoms with Crippen LogP contribution in [0.2, 0.25) is 5.02 Å². The SMILES string of the molecule is CC(Oc1ccc(C(C)C)cc1)C(=O)N1CCN(C(=O)c2ccc(Cl)cc2)CC1. The lowest BCUT2D eigenvalue weighted by atomic mass is 10.0. The normalized spacial score (nSPS) is 15.3. The van der Waals surface area contributed by atoms with Crippen LogP contribution in [0.1, 0.15) is 42.6 Å². The number of nitrogens with zero attached hydrogens (tertiary/aromatic N) is 2. The number of amides is 2. The van der Waals surface area contributed by atoms with Gasteiger partial charge in [-0.15, -0.1) is 0 Å². The number of rotatable bonds is 5. The molecule has 1 fully saturated rings. The first-order valence-corrected chi connectivity index (χ1v) is 10.3. The molecule has 2 aromatic rings. The van der Waals surface area contributed by atoms with Gasteiger partial charge in [-0.1, -0.05) is 37.6 Å². The molecule has 1 unspecified atom stereocenters. The van der Waals surface area contributed by atoms with Gasteiger partial charge in [-0.25, -0.2) is 0 Å². The lowest BCUT2D eigenvalue weighted by Gasteiger charge is -2.36. The molecule has 154 valence electrons. The third-order valence-corrected chi connectivity index (χ3v) is 5.43. The number of carbonyl (C=O) groups is 2. The van der Waals surface area contributed by atoms with E-state index in [1.54, 1.807) is 41.0 Å². The van der Waals surface area contributed by atoms with E-state index in [1.165, 1.54) is 5.56 Å². The summed E-state index contributed by atoms with van der Waals surface area (Å²) in [6.07, 6.45) is -0.571. The lowest BCUT2D eigenvalue weighted by Crippen LogP contribution is -2.53. The molecule has 3 rings (SSSR count). The molecule has 6 heteroatoms. The minimum Gasteiger partial charge on any atom is -0.481 e. The first-order valence-electron chi connectivity index (χ1n) is 9.95. The van der Waals surface area contributed by atoms with Gasteiger partial charge >= 0.3 is 0 Å². The molecule has 1 saturated heterocycles. The Morgan fingerprint density at radius 1 is 0.862 bits per heavy atom. The van der Waals surface area contributed by atoms with Crippen molar-refractivity contribution in [1.29, 1.82) is 0 Å². The molecule has 0 aromatic heterocycles. The zero-order valence-electron chi connectivity index (χ0n) is 17.1. The van der Waals surface area contributed by atoms with Crippen molar-refractivity contribution in [3.05, 3.63) is 64.7 Å². The molecular weight excluding hydrogens is 388 g/mol. The zero-order chi connectivity index (χ0) is 21.0. The predicted molar refractivity (Wildman–Crippen MR) is 115 cm³/mol. The quantitative estimate of drug-likeness (QED) is 0.736. The van der Waals surface area contributed by atoms with Gasteiger partial charge < -0.3 is 14.5 Å². The van der Waals surface area contributed by atoms with Crippen molar-refractivity contribution in [3.63, 3.8) is 0 Å². The summed E-state index contributed by atoms with van der Waals surface area (Å²) in [7, 11) is 0. The van der Waals surface area contributed by atoms with Gasteiger partial charge in [-0.05, 0) is 54.8 Å². The summed E-state index contributed by atoms with van der Waals surface area (Å²) in [5.74, 6) is 1.04. The van der Waals surface area contributed by atoms with E-state index in [-0.39, 0.29) is 11.8 Å². The van der Waals surface area contributed by atoms with Crippen molar-refractivity contribution >= 4 is 23.4 Å². The summed E-state index contributed by atoms with van der Waals surface area (Å²) in [5, 5.41) is 0.602. The van der Waals surface area contributed by atoms with Crippen molar-refractivity contribution < 1.29 is 14.3 Å². The molecule has 0 aliphatic carbocycles. The molecule has 0 saturated carbocycles. The fourth-order valence-corrected chi connectivity index (χ4v) is 3.47. The van der Waals surface area contributed by atoms with E-state index < -0.39 is 6.10 Å². The second kappa shape index (κ2) is 9.31. The van der Waals surface area contributed by atoms with E-state index in [4.69, 9.17) is 16.3 Å². The van der Waals surface area contributed by atoms with Crippen LogP contribution in [0.5, 0.6) is 5.75 Å². The van der Waals surface area contributed by atoms with Crippen molar-refractivity contribution in [2.24, 2.45) is 0 Å². The number of carbonyl (C=O) groups excluding carboxylic acids is 2. The third kappa shape index (κ3) is 5.30. The fraction of sp³-hybridized carbons (Fsp3) is 0.391. The predicted octanol–water partition coefficient (Wildman–Crippen LogP) is 4.22. The van der Waals surface area contributed by atoms with Gasteiger partial charge in [0.15, 0.2) is 6.10 Å². The van der Waals surface area contributed by atoms with E-state index in [0.717, 1.165) is 0 Å². The number of hydrogen-bond acceptors (Lipinski definition) is 3. The van der Waals surface area contributed by atoms with E-state index in [2.05, 4.69) is 13.8 Å². The highest BCUT2D eigenvalue weighted by Crippen LogP contribution is 2.20. The molecule has 5 nitrogen and oxygen atoms in total. The van der Waals surface area contributed by atoms with E-state index in [0.29, 0.717) is 48.4 Å². The minimum absolute atomic E-state index is 0.0386. The molecule has 0 spiro atoms. The fourth-order valence-electron chi connectivity index (χ4n) is 3.35. The summed E-state index contributed by atoms with van der Waals surface area (Å²) in [6.45, 7) is 8.05. The zero-order valence-corrected chi connectivity index (χ0v) is 17.9. The molecule has 2 aromatic carbocycles. The van der Waals surface area contributed by atoms with Crippen LogP contribution in [0, 0.1) is 0 Å². The lowest BCUT2D eigenvalue weighted by molar-refractivity contribution is -0.139. The second-order valence-electron chi connectivity index (χ2n) is 7.61. The highest BCUT2D eigenvalue weighted by atomic mass is 35.5. The Balaban J connectivity index is 1.52. The van der Waals surface area contributed by atoms with Crippen LogP contribution in [0.3, 0.4) is 0 Å². The Bertz CT molecular complexity index is 841. The van der Waals surface area contributed by atoms with Gasteiger partial charge in [0.25, 0.3) is 11.8 Å². The Morgan fingerprint density at radius 2 is 1.41 bits per heavy atom. The molecule has 1 atom stereocenters. The first-order chi connectivity index (χ1) is 13.8. The maximum atomic E-state index is 12.7. The summed E-state index contributed by atoms with van der Waals surface area (Å²) < 4.78 is 5.83. The van der Waals surface area contributed by atoms with E-state index in [1.807, 2.05) is 24.3 Å². The van der Waals surface area contributed by atoms with E-state index >= 15 is 0 Å². The average molecular weight is 415 g/mol. The smallest absolute Gasteiger partial charge is 0.263 e. The van der Waals surface area contributed by atoms with Gasteiger partial charge in [0, 0.05) is 36.8 Å². The summed E-state index contributed by atoms with van der Waals surface area (Å²) >= 11 is 5.88. The van der Waals surface area contributed by atoms with Gasteiger partial charge in [0.1, 0.15) is 5.75 Å². The van der Waals surface area contributed by atoms with Crippen LogP contribution in [-0.4, -0.2) is 53.9 Å². The Kier molecular flexibility index (Phi) is 6.80. The van der Waals surface area contributed by atoms with Crippen LogP contribution in [0.4, 0.5) is 0 Å². The Morgan fingerprint density at radius 3 is 1.97 bits per heavy atom. The van der Waals surface area contributed by atoms with Crippen LogP contribution in [0.25, 0.3) is 0 Å². The van der Waals surface area contributed by atoms with Crippen LogP contribution >= 0.6 is 11.6 Å². The molecule has 1 heterocycles. The van der Waals surface area contributed by atoms with Crippen molar-refractivity contribution in [2.45, 2.75) is 32.8 Å². The largest absolute Gasteiger partial charge is 0.481 e. The maximum absolute atomic E-state index is 12.7. The van der Waals surface area contributed by atoms with Crippen LogP contribution in [-0.2, 0) is 4.79 Å². The van der Waals surface area contributed by atoms with Crippen molar-refractivity contribution in [2.75, 3.05) is 26.2 Å². The summed E-state index contributed by atoms with van der Waals surface area (Å²) in [4.78, 5) is 28.9. The summed E-state index contributed by atoms with van der Waals surface area (Å²) in [5.41, 5.74) is 1.84. The molecule has 2 amide bonds. The number of piperazine rings is 1. The Labute approximate surface area is 177 Å². The molecular formula is C23H27ClN2O3. The van der Waals surface area contributed by atoms with Crippen LogP contribution in [0.15, 0.2) is 48.5 Å². The topological polar surface area (TPSA) is 49.9 Å². The maximum Gasteiger partial charge on any atom is 0.263 e. The number of halogens is 1. The molecule has 1 aliphatic rings. The number of ether oxygens (including phenoxy) is 1. The summed E-state index contributed by atoms with van der Waals surface area (Å²) in [6, 6.07) is 14.7. The highest BCUT2D eigenvalue weighted by Gasteiger charge is 2.28. The monoisotopic (exact) mass is 414 g/mol. The van der Waals surface area contributed by atoms with E-state index in [9.17, 15) is 9.59 Å². The third-order valence-electron chi connectivity index (χ3n) is 5.18.